The molecule has 0 saturated heterocycles. The van der Waals surface area contributed by atoms with Gasteiger partial charge in [-0.25, -0.2) is 9.59 Å². The van der Waals surface area contributed by atoms with Crippen LogP contribution in [0.2, 0.25) is 0 Å². The van der Waals surface area contributed by atoms with Crippen LogP contribution < -0.4 is 39.1 Å². The Labute approximate surface area is 244 Å². The Hall–Kier alpha value is -5.00. The van der Waals surface area contributed by atoms with Crippen LogP contribution in [0, 0.1) is 0 Å². The molecule has 0 atom stereocenters. The second-order valence-electron chi connectivity index (χ2n) is 8.46. The van der Waals surface area contributed by atoms with Gasteiger partial charge in [-0.05, 0) is 26.0 Å². The van der Waals surface area contributed by atoms with Crippen molar-refractivity contribution in [3.05, 3.63) is 47.5 Å². The largest absolute Gasteiger partial charge is 0.493 e. The van der Waals surface area contributed by atoms with Crippen molar-refractivity contribution in [1.29, 1.82) is 0 Å². The van der Waals surface area contributed by atoms with Crippen LogP contribution >= 0.6 is 0 Å². The first-order valence-corrected chi connectivity index (χ1v) is 12.9. The van der Waals surface area contributed by atoms with E-state index in [9.17, 15) is 9.59 Å². The summed E-state index contributed by atoms with van der Waals surface area (Å²) in [6.45, 7) is 3.67. The first-order chi connectivity index (χ1) is 20.3. The molecule has 0 saturated carbocycles. The molecule has 0 aliphatic heterocycles. The Balaban J connectivity index is 2.22. The van der Waals surface area contributed by atoms with E-state index in [-0.39, 0.29) is 35.7 Å². The van der Waals surface area contributed by atoms with Crippen molar-refractivity contribution in [3.63, 3.8) is 0 Å². The summed E-state index contributed by atoms with van der Waals surface area (Å²) in [7, 11) is 8.97. The summed E-state index contributed by atoms with van der Waals surface area (Å²) >= 11 is 0. The van der Waals surface area contributed by atoms with E-state index in [1.54, 1.807) is 38.1 Å². The lowest BCUT2D eigenvalue weighted by atomic mass is 10.0. The Morgan fingerprint density at radius 2 is 0.833 bits per heavy atom. The zero-order valence-electron chi connectivity index (χ0n) is 25.0. The van der Waals surface area contributed by atoms with Crippen LogP contribution in [-0.4, -0.2) is 67.8 Å². The van der Waals surface area contributed by atoms with Crippen molar-refractivity contribution in [2.24, 2.45) is 0 Å². The van der Waals surface area contributed by atoms with E-state index in [0.717, 1.165) is 0 Å². The smallest absolute Gasteiger partial charge is 0.340 e. The number of hydrogen-bond donors (Lipinski definition) is 2. The number of rotatable bonds is 14. The molecule has 0 bridgehead atoms. The molecular formula is C30H36N2O10. The molecule has 0 radical (unpaired) electrons. The number of methoxy groups -OCH3 is 6. The van der Waals surface area contributed by atoms with E-state index in [1.165, 1.54) is 54.8 Å². The summed E-state index contributed by atoms with van der Waals surface area (Å²) in [6, 6.07) is 9.69. The summed E-state index contributed by atoms with van der Waals surface area (Å²) in [6.07, 6.45) is 0. The van der Waals surface area contributed by atoms with E-state index in [2.05, 4.69) is 10.6 Å². The van der Waals surface area contributed by atoms with Gasteiger partial charge in [0.1, 0.15) is 0 Å². The highest BCUT2D eigenvalue weighted by Gasteiger charge is 2.24. The van der Waals surface area contributed by atoms with Crippen LogP contribution in [-0.2, 0) is 9.47 Å². The number of ether oxygens (including phenoxy) is 8. The lowest BCUT2D eigenvalue weighted by Crippen LogP contribution is -2.13. The van der Waals surface area contributed by atoms with Crippen LogP contribution in [0.3, 0.4) is 0 Å². The second kappa shape index (κ2) is 14.6. The maximum absolute atomic E-state index is 13.2. The number of benzene rings is 3. The van der Waals surface area contributed by atoms with Gasteiger partial charge in [-0.3, -0.25) is 0 Å². The molecule has 0 amide bonds. The summed E-state index contributed by atoms with van der Waals surface area (Å²) in [4.78, 5) is 26.3. The number of carbonyl (C=O) groups excluding carboxylic acids is 2. The Bertz CT molecular complexity index is 1270. The van der Waals surface area contributed by atoms with Crippen molar-refractivity contribution in [1.82, 2.24) is 0 Å². The molecule has 226 valence electrons. The summed E-state index contributed by atoms with van der Waals surface area (Å²) < 4.78 is 43.3. The highest BCUT2D eigenvalue weighted by atomic mass is 16.5. The highest BCUT2D eigenvalue weighted by Crippen LogP contribution is 2.43. The third-order valence-corrected chi connectivity index (χ3v) is 6.04. The highest BCUT2D eigenvalue weighted by molar-refractivity contribution is 6.04. The average molecular weight is 585 g/mol. The fourth-order valence-electron chi connectivity index (χ4n) is 4.18. The van der Waals surface area contributed by atoms with Gasteiger partial charge in [0.25, 0.3) is 0 Å². The monoisotopic (exact) mass is 584 g/mol. The predicted molar refractivity (Wildman–Crippen MR) is 157 cm³/mol. The van der Waals surface area contributed by atoms with E-state index < -0.39 is 11.9 Å². The van der Waals surface area contributed by atoms with Crippen LogP contribution in [0.5, 0.6) is 34.5 Å². The van der Waals surface area contributed by atoms with E-state index in [4.69, 9.17) is 37.9 Å². The first kappa shape index (κ1) is 31.5. The number of nitrogens with one attached hydrogen (secondary N) is 2. The molecule has 12 heteroatoms. The van der Waals surface area contributed by atoms with Crippen LogP contribution in [0.1, 0.15) is 34.6 Å². The van der Waals surface area contributed by atoms with E-state index >= 15 is 0 Å². The molecule has 0 fully saturated rings. The van der Waals surface area contributed by atoms with Crippen LogP contribution in [0.25, 0.3) is 0 Å². The molecule has 0 aliphatic rings. The molecule has 3 rings (SSSR count). The second-order valence-corrected chi connectivity index (χ2v) is 8.46. The summed E-state index contributed by atoms with van der Waals surface area (Å²) in [5.41, 5.74) is 1.84. The number of hydrogen-bond acceptors (Lipinski definition) is 12. The Morgan fingerprint density at radius 1 is 0.524 bits per heavy atom. The number of carbonyl (C=O) groups is 2. The molecule has 0 spiro atoms. The Morgan fingerprint density at radius 3 is 1.07 bits per heavy atom. The molecule has 2 N–H and O–H groups in total. The van der Waals surface area contributed by atoms with Gasteiger partial charge >= 0.3 is 11.9 Å². The van der Waals surface area contributed by atoms with Crippen molar-refractivity contribution in [2.75, 3.05) is 66.5 Å². The van der Waals surface area contributed by atoms with Crippen molar-refractivity contribution in [2.45, 2.75) is 13.8 Å². The maximum Gasteiger partial charge on any atom is 0.340 e. The minimum Gasteiger partial charge on any atom is -0.493 e. The molecule has 0 aliphatic carbocycles. The molecule has 42 heavy (non-hydrogen) atoms. The van der Waals surface area contributed by atoms with E-state index in [1.807, 2.05) is 0 Å². The predicted octanol–water partition coefficient (Wildman–Crippen LogP) is 5.58. The molecular weight excluding hydrogens is 548 g/mol. The van der Waals surface area contributed by atoms with Crippen LogP contribution in [0.15, 0.2) is 36.4 Å². The lowest BCUT2D eigenvalue weighted by molar-refractivity contribution is 0.0513. The van der Waals surface area contributed by atoms with E-state index in [0.29, 0.717) is 45.9 Å². The SMILES string of the molecule is CCOC(=O)c1cc(Nc2cc(OC)c(OC)c(OC)c2)c(C(=O)OCC)cc1Nc1cc(OC)c(OC)c(OC)c1. The average Bonchev–Trinajstić information content (AvgIpc) is 3.00. The van der Waals surface area contributed by atoms with Gasteiger partial charge in [0.05, 0.1) is 78.4 Å². The minimum atomic E-state index is -0.615. The quantitative estimate of drug-likeness (QED) is 0.229. The Kier molecular flexibility index (Phi) is 10.9. The molecule has 3 aromatic rings. The molecule has 0 aromatic heterocycles. The van der Waals surface area contributed by atoms with Gasteiger partial charge in [-0.15, -0.1) is 0 Å². The van der Waals surface area contributed by atoms with Gasteiger partial charge in [0, 0.05) is 35.6 Å². The normalized spacial score (nSPS) is 10.3. The minimum absolute atomic E-state index is 0.137. The van der Waals surface area contributed by atoms with Crippen LogP contribution in [0.4, 0.5) is 22.7 Å². The fraction of sp³-hybridized carbons (Fsp3) is 0.333. The third-order valence-electron chi connectivity index (χ3n) is 6.04. The number of esters is 2. The summed E-state index contributed by atoms with van der Waals surface area (Å²) in [5.74, 6) is 1.13. The molecule has 0 heterocycles. The van der Waals surface area contributed by atoms with Crippen molar-refractivity contribution in [3.8, 4) is 34.5 Å². The molecule has 0 unspecified atom stereocenters. The third kappa shape index (κ3) is 6.82. The van der Waals surface area contributed by atoms with Crippen molar-refractivity contribution >= 4 is 34.7 Å². The van der Waals surface area contributed by atoms with Gasteiger partial charge in [0.2, 0.25) is 11.5 Å². The summed E-state index contributed by atoms with van der Waals surface area (Å²) in [5, 5.41) is 6.37. The standard InChI is InChI=1S/C30H36N2O10/c1-9-41-29(33)19-15-22(32-18-13-25(37-5)28(40-8)26(14-18)38-6)20(30(34)42-10-2)16-21(19)31-17-11-23(35-3)27(39-7)24(12-17)36-4/h11-16,31-32H,9-10H2,1-8H3. The zero-order valence-corrected chi connectivity index (χ0v) is 25.0. The first-order valence-electron chi connectivity index (χ1n) is 12.9. The fourth-order valence-corrected chi connectivity index (χ4v) is 4.18. The molecule has 3 aromatic carbocycles. The van der Waals surface area contributed by atoms with Gasteiger partial charge in [-0.2, -0.15) is 0 Å². The van der Waals surface area contributed by atoms with Crippen molar-refractivity contribution < 1.29 is 47.5 Å². The number of anilines is 4. The van der Waals surface area contributed by atoms with Gasteiger partial charge < -0.3 is 48.5 Å². The molecule has 12 nitrogen and oxygen atoms in total. The maximum atomic E-state index is 13.2. The topological polar surface area (TPSA) is 132 Å². The lowest BCUT2D eigenvalue weighted by Gasteiger charge is -2.20. The zero-order chi connectivity index (χ0) is 30.8. The van der Waals surface area contributed by atoms with Gasteiger partial charge in [0.15, 0.2) is 23.0 Å². The van der Waals surface area contributed by atoms with Gasteiger partial charge in [-0.1, -0.05) is 0 Å².